The van der Waals surface area contributed by atoms with E-state index in [9.17, 15) is 8.42 Å². The molecule has 0 spiro atoms. The number of unbranched alkanes of at least 4 members (excludes halogenated alkanes) is 1. The molecule has 1 aliphatic heterocycles. The van der Waals surface area contributed by atoms with Crippen LogP contribution in [-0.4, -0.2) is 51.5 Å². The van der Waals surface area contributed by atoms with Gasteiger partial charge in [0.2, 0.25) is 10.0 Å². The Balaban J connectivity index is 2.03. The number of nitrogens with one attached hydrogen (secondary N) is 1. The van der Waals surface area contributed by atoms with E-state index < -0.39 is 10.0 Å². The predicted molar refractivity (Wildman–Crippen MR) is 99.7 cm³/mol. The zero-order valence-electron chi connectivity index (χ0n) is 14.8. The van der Waals surface area contributed by atoms with E-state index in [0.29, 0.717) is 38.8 Å². The third-order valence-electron chi connectivity index (χ3n) is 4.08. The number of hydrogen-bond donors (Lipinski definition) is 2. The van der Waals surface area contributed by atoms with Crippen LogP contribution < -0.4 is 11.1 Å². The molecule has 0 atom stereocenters. The fourth-order valence-corrected chi connectivity index (χ4v) is 4.15. The van der Waals surface area contributed by atoms with Crippen LogP contribution in [0.3, 0.4) is 0 Å². The number of hydrogen-bond acceptors (Lipinski definition) is 4. The Hall–Kier alpha value is -1.64. The van der Waals surface area contributed by atoms with Crippen molar-refractivity contribution in [3.8, 4) is 0 Å². The summed E-state index contributed by atoms with van der Waals surface area (Å²) >= 11 is 0. The van der Waals surface area contributed by atoms with Crippen LogP contribution in [0.2, 0.25) is 0 Å². The third kappa shape index (κ3) is 6.30. The van der Waals surface area contributed by atoms with E-state index in [1.54, 1.807) is 0 Å². The molecule has 2 rings (SSSR count). The second-order valence-electron chi connectivity index (χ2n) is 6.02. The van der Waals surface area contributed by atoms with Gasteiger partial charge in [0.25, 0.3) is 0 Å². The molecule has 25 heavy (non-hydrogen) atoms. The Bertz CT molecular complexity index is 670. The molecule has 0 saturated carbocycles. The van der Waals surface area contributed by atoms with E-state index in [4.69, 9.17) is 10.5 Å². The quantitative estimate of drug-likeness (QED) is 0.406. The van der Waals surface area contributed by atoms with Gasteiger partial charge in [-0.05, 0) is 17.5 Å². The molecule has 0 aliphatic carbocycles. The fourth-order valence-electron chi connectivity index (χ4n) is 2.58. The van der Waals surface area contributed by atoms with Gasteiger partial charge in [0.05, 0.1) is 25.5 Å². The number of nitrogens with two attached hydrogens (primary N) is 1. The van der Waals surface area contributed by atoms with Gasteiger partial charge < -0.3 is 15.8 Å². The maximum Gasteiger partial charge on any atom is 0.218 e. The van der Waals surface area contributed by atoms with E-state index in [1.807, 2.05) is 24.3 Å². The first-order chi connectivity index (χ1) is 12.0. The maximum absolute atomic E-state index is 12.6. The lowest BCUT2D eigenvalue weighted by molar-refractivity contribution is 0.0729. The molecule has 7 nitrogen and oxygen atoms in total. The summed E-state index contributed by atoms with van der Waals surface area (Å²) in [6.45, 7) is 4.99. The lowest BCUT2D eigenvalue weighted by Gasteiger charge is -2.26. The summed E-state index contributed by atoms with van der Waals surface area (Å²) in [6, 6.07) is 7.47. The highest BCUT2D eigenvalue weighted by Gasteiger charge is 2.25. The molecular weight excluding hydrogens is 340 g/mol. The van der Waals surface area contributed by atoms with Crippen molar-refractivity contribution >= 4 is 16.0 Å². The monoisotopic (exact) mass is 368 g/mol. The van der Waals surface area contributed by atoms with Crippen molar-refractivity contribution in [3.63, 3.8) is 0 Å². The van der Waals surface area contributed by atoms with Crippen LogP contribution in [0.4, 0.5) is 0 Å². The summed E-state index contributed by atoms with van der Waals surface area (Å²) < 4.78 is 32.0. The van der Waals surface area contributed by atoms with Crippen LogP contribution >= 0.6 is 0 Å². The van der Waals surface area contributed by atoms with Gasteiger partial charge in [0, 0.05) is 19.6 Å². The average molecular weight is 369 g/mol. The van der Waals surface area contributed by atoms with Gasteiger partial charge in [-0.25, -0.2) is 13.4 Å². The smallest absolute Gasteiger partial charge is 0.218 e. The zero-order chi connectivity index (χ0) is 18.1. The minimum absolute atomic E-state index is 0.0259. The Labute approximate surface area is 150 Å². The third-order valence-corrected chi connectivity index (χ3v) is 5.90. The van der Waals surface area contributed by atoms with E-state index in [-0.39, 0.29) is 5.75 Å². The van der Waals surface area contributed by atoms with Crippen LogP contribution in [0.1, 0.15) is 30.9 Å². The molecule has 140 valence electrons. The van der Waals surface area contributed by atoms with Gasteiger partial charge in [0.1, 0.15) is 0 Å². The van der Waals surface area contributed by atoms with E-state index >= 15 is 0 Å². The van der Waals surface area contributed by atoms with Crippen molar-refractivity contribution in [1.29, 1.82) is 0 Å². The van der Waals surface area contributed by atoms with Gasteiger partial charge in [-0.15, -0.1) is 0 Å². The van der Waals surface area contributed by atoms with E-state index in [1.165, 1.54) is 4.31 Å². The van der Waals surface area contributed by atoms with Crippen LogP contribution in [-0.2, 0) is 27.1 Å². The molecule has 0 unspecified atom stereocenters. The summed E-state index contributed by atoms with van der Waals surface area (Å²) in [5.41, 5.74) is 7.49. The van der Waals surface area contributed by atoms with E-state index in [2.05, 4.69) is 17.2 Å². The topological polar surface area (TPSA) is 97.0 Å². The first kappa shape index (κ1) is 19.7. The second-order valence-corrected chi connectivity index (χ2v) is 7.99. The number of morpholine rings is 1. The molecule has 0 aromatic heterocycles. The molecule has 1 aromatic carbocycles. The Morgan fingerprint density at radius 3 is 2.64 bits per heavy atom. The summed E-state index contributed by atoms with van der Waals surface area (Å²) in [5, 5.41) is 3.06. The molecule has 1 aliphatic rings. The highest BCUT2D eigenvalue weighted by Crippen LogP contribution is 2.17. The van der Waals surface area contributed by atoms with Crippen molar-refractivity contribution in [2.75, 3.05) is 32.8 Å². The van der Waals surface area contributed by atoms with Gasteiger partial charge in [0.15, 0.2) is 5.96 Å². The van der Waals surface area contributed by atoms with Crippen molar-refractivity contribution in [1.82, 2.24) is 9.62 Å². The van der Waals surface area contributed by atoms with Crippen molar-refractivity contribution in [3.05, 3.63) is 35.4 Å². The lowest BCUT2D eigenvalue weighted by Crippen LogP contribution is -2.41. The van der Waals surface area contributed by atoms with Crippen LogP contribution in [0.15, 0.2) is 29.3 Å². The minimum Gasteiger partial charge on any atom is -0.379 e. The van der Waals surface area contributed by atoms with Crippen molar-refractivity contribution < 1.29 is 13.2 Å². The first-order valence-electron chi connectivity index (χ1n) is 8.69. The van der Waals surface area contributed by atoms with E-state index in [0.717, 1.165) is 30.5 Å². The van der Waals surface area contributed by atoms with Gasteiger partial charge in [-0.2, -0.15) is 4.31 Å². The number of ether oxygens (including phenoxy) is 1. The highest BCUT2D eigenvalue weighted by atomic mass is 32.2. The second kappa shape index (κ2) is 9.74. The molecule has 1 heterocycles. The Morgan fingerprint density at radius 1 is 1.28 bits per heavy atom. The molecule has 0 radical (unpaired) electrons. The average Bonchev–Trinajstić information content (AvgIpc) is 2.62. The summed E-state index contributed by atoms with van der Waals surface area (Å²) in [4.78, 5) is 4.32. The fraction of sp³-hybridized carbons (Fsp3) is 0.588. The predicted octanol–water partition coefficient (Wildman–Crippen LogP) is 1.05. The van der Waals surface area contributed by atoms with Gasteiger partial charge in [-0.1, -0.05) is 37.6 Å². The molecule has 1 fully saturated rings. The summed E-state index contributed by atoms with van der Waals surface area (Å²) in [7, 11) is -3.36. The van der Waals surface area contributed by atoms with Crippen LogP contribution in [0.25, 0.3) is 0 Å². The number of sulfonamides is 1. The molecular formula is C17H28N4O3S. The molecule has 1 aromatic rings. The minimum atomic E-state index is -3.36. The van der Waals surface area contributed by atoms with Crippen molar-refractivity contribution in [2.24, 2.45) is 10.7 Å². The van der Waals surface area contributed by atoms with Gasteiger partial charge >= 0.3 is 0 Å². The standard InChI is InChI=1S/C17H28N4O3S/c1-2-3-8-19-17(18)20-13-15-6-4-5-7-16(15)14-25(22,23)21-9-11-24-12-10-21/h4-7H,2-3,8-14H2,1H3,(H3,18,19,20). The van der Waals surface area contributed by atoms with Gasteiger partial charge in [-0.3, -0.25) is 0 Å². The molecule has 0 bridgehead atoms. The number of benzene rings is 1. The molecule has 8 heteroatoms. The Morgan fingerprint density at radius 2 is 1.96 bits per heavy atom. The SMILES string of the molecule is CCCCNC(N)=NCc1ccccc1CS(=O)(=O)N1CCOCC1. The normalized spacial score (nSPS) is 16.8. The summed E-state index contributed by atoms with van der Waals surface area (Å²) in [6.07, 6.45) is 2.12. The zero-order valence-corrected chi connectivity index (χ0v) is 15.6. The van der Waals surface area contributed by atoms with Crippen molar-refractivity contribution in [2.45, 2.75) is 32.1 Å². The van der Waals surface area contributed by atoms with Crippen LogP contribution in [0, 0.1) is 0 Å². The molecule has 0 amide bonds. The maximum atomic E-state index is 12.6. The largest absolute Gasteiger partial charge is 0.379 e. The Kier molecular flexibility index (Phi) is 7.67. The molecule has 3 N–H and O–H groups in total. The number of aliphatic imine (C=N–C) groups is 1. The number of nitrogens with zero attached hydrogens (tertiary/aromatic N) is 2. The highest BCUT2D eigenvalue weighted by molar-refractivity contribution is 7.88. The lowest BCUT2D eigenvalue weighted by atomic mass is 10.1. The van der Waals surface area contributed by atoms with Crippen LogP contribution in [0.5, 0.6) is 0 Å². The first-order valence-corrected chi connectivity index (χ1v) is 10.3. The summed E-state index contributed by atoms with van der Waals surface area (Å²) in [5.74, 6) is 0.362. The number of rotatable bonds is 8. The molecule has 1 saturated heterocycles. The number of guanidine groups is 1.